The maximum Gasteiger partial charge on any atom is 0.343 e. The number of carbonyl (C=O) groups excluding carboxylic acids is 2. The van der Waals surface area contributed by atoms with Crippen LogP contribution < -0.4 is 4.74 Å². The van der Waals surface area contributed by atoms with Gasteiger partial charge < -0.3 is 14.6 Å². The largest absolute Gasteiger partial charge is 0.507 e. The molecule has 1 N–H and O–H groups in total. The average molecular weight is 497 g/mol. The first-order valence-electron chi connectivity index (χ1n) is 10.7. The first-order chi connectivity index (χ1) is 15.5. The van der Waals surface area contributed by atoms with Crippen molar-refractivity contribution in [2.75, 3.05) is 7.11 Å². The van der Waals surface area contributed by atoms with Crippen LogP contribution in [0, 0.1) is 5.41 Å². The predicted molar refractivity (Wildman–Crippen MR) is 125 cm³/mol. The summed E-state index contributed by atoms with van der Waals surface area (Å²) in [5.41, 5.74) is 0.751. The molecule has 1 saturated carbocycles. The average Bonchev–Trinajstić information content (AvgIpc) is 2.82. The van der Waals surface area contributed by atoms with E-state index >= 15 is 0 Å². The van der Waals surface area contributed by atoms with Gasteiger partial charge in [-0.1, -0.05) is 71.6 Å². The van der Waals surface area contributed by atoms with Crippen molar-refractivity contribution in [1.29, 1.82) is 0 Å². The first-order valence-corrected chi connectivity index (χ1v) is 11.5. The zero-order valence-electron chi connectivity index (χ0n) is 17.8. The number of ether oxygens (including phenoxy) is 2. The second kappa shape index (κ2) is 9.33. The fourth-order valence-corrected chi connectivity index (χ4v) is 5.17. The van der Waals surface area contributed by atoms with Crippen LogP contribution in [0.2, 0.25) is 0 Å². The molecule has 1 atom stereocenters. The Kier molecular flexibility index (Phi) is 6.51. The summed E-state index contributed by atoms with van der Waals surface area (Å²) >= 11 is 3.40. The van der Waals surface area contributed by atoms with Gasteiger partial charge >= 0.3 is 11.9 Å². The van der Waals surface area contributed by atoms with Crippen molar-refractivity contribution >= 4 is 33.9 Å². The Morgan fingerprint density at radius 1 is 1.12 bits per heavy atom. The van der Waals surface area contributed by atoms with E-state index in [2.05, 4.69) is 15.9 Å². The van der Waals surface area contributed by atoms with E-state index < -0.39 is 17.3 Å². The van der Waals surface area contributed by atoms with Gasteiger partial charge in [0.25, 0.3) is 0 Å². The molecular formula is C26H25BrO5. The summed E-state index contributed by atoms with van der Waals surface area (Å²) in [4.78, 5) is 26.3. The van der Waals surface area contributed by atoms with Crippen LogP contribution in [0.3, 0.4) is 0 Å². The molecule has 0 saturated heterocycles. The van der Waals surface area contributed by atoms with Gasteiger partial charge in [-0.3, -0.25) is 4.79 Å². The van der Waals surface area contributed by atoms with E-state index in [-0.39, 0.29) is 17.3 Å². The number of methoxy groups -OCH3 is 1. The number of hydrogen-bond donors (Lipinski definition) is 1. The highest BCUT2D eigenvalue weighted by Crippen LogP contribution is 2.55. The Hall–Kier alpha value is -2.86. The van der Waals surface area contributed by atoms with Crippen LogP contribution in [0.4, 0.5) is 0 Å². The minimum Gasteiger partial charge on any atom is -0.507 e. The van der Waals surface area contributed by atoms with E-state index in [1.54, 1.807) is 18.2 Å². The molecule has 1 fully saturated rings. The van der Waals surface area contributed by atoms with Gasteiger partial charge in [-0.15, -0.1) is 0 Å². The van der Waals surface area contributed by atoms with Crippen molar-refractivity contribution < 1.29 is 24.2 Å². The number of esters is 2. The summed E-state index contributed by atoms with van der Waals surface area (Å²) in [5, 5.41) is 11.1. The number of halogens is 1. The predicted octanol–water partition coefficient (Wildman–Crippen LogP) is 6.10. The molecule has 0 bridgehead atoms. The number of carbonyl (C=O) groups is 2. The molecule has 32 heavy (non-hydrogen) atoms. The van der Waals surface area contributed by atoms with Gasteiger partial charge in [0, 0.05) is 16.0 Å². The van der Waals surface area contributed by atoms with Crippen LogP contribution in [0.1, 0.15) is 49.1 Å². The molecular weight excluding hydrogens is 472 g/mol. The first kappa shape index (κ1) is 22.3. The highest BCUT2D eigenvalue weighted by Gasteiger charge is 2.54. The second-order valence-corrected chi connectivity index (χ2v) is 9.17. The SMILES string of the molecule is COC(=O)C1(C2/C(=C(O)\C=C\c3ccc(Br)cc3)C(=O)Oc3ccccc32)CCCCC1. The lowest BCUT2D eigenvalue weighted by Gasteiger charge is -2.43. The van der Waals surface area contributed by atoms with Crippen molar-refractivity contribution in [1.82, 2.24) is 0 Å². The molecule has 2 aromatic rings. The zero-order valence-corrected chi connectivity index (χ0v) is 19.4. The highest BCUT2D eigenvalue weighted by atomic mass is 79.9. The molecule has 5 nitrogen and oxygen atoms in total. The van der Waals surface area contributed by atoms with Crippen LogP contribution in [0.25, 0.3) is 6.08 Å². The van der Waals surface area contributed by atoms with Crippen molar-refractivity contribution in [3.05, 3.63) is 81.5 Å². The lowest BCUT2D eigenvalue weighted by Crippen LogP contribution is -2.44. The quantitative estimate of drug-likeness (QED) is 0.239. The van der Waals surface area contributed by atoms with Crippen LogP contribution in [-0.4, -0.2) is 24.2 Å². The minimum absolute atomic E-state index is 0.101. The molecule has 2 aliphatic rings. The van der Waals surface area contributed by atoms with E-state index in [4.69, 9.17) is 9.47 Å². The number of fused-ring (bicyclic) bond motifs is 1. The van der Waals surface area contributed by atoms with Crippen molar-refractivity contribution in [2.45, 2.75) is 38.0 Å². The number of hydrogen-bond acceptors (Lipinski definition) is 5. The molecule has 1 unspecified atom stereocenters. The van der Waals surface area contributed by atoms with Crippen molar-refractivity contribution in [3.63, 3.8) is 0 Å². The van der Waals surface area contributed by atoms with Gasteiger partial charge in [0.1, 0.15) is 11.5 Å². The smallest absolute Gasteiger partial charge is 0.343 e. The fraction of sp³-hybridized carbons (Fsp3) is 0.308. The van der Waals surface area contributed by atoms with Crippen molar-refractivity contribution in [3.8, 4) is 5.75 Å². The van der Waals surface area contributed by atoms with Crippen LogP contribution >= 0.6 is 15.9 Å². The number of rotatable bonds is 4. The van der Waals surface area contributed by atoms with Crippen molar-refractivity contribution in [2.24, 2.45) is 5.41 Å². The summed E-state index contributed by atoms with van der Waals surface area (Å²) < 4.78 is 11.8. The summed E-state index contributed by atoms with van der Waals surface area (Å²) in [6.07, 6.45) is 7.11. The molecule has 0 aromatic heterocycles. The lowest BCUT2D eigenvalue weighted by atomic mass is 9.60. The lowest BCUT2D eigenvalue weighted by molar-refractivity contribution is -0.156. The Labute approximate surface area is 195 Å². The normalized spacial score (nSPS) is 21.6. The number of aliphatic hydroxyl groups is 1. The van der Waals surface area contributed by atoms with Gasteiger partial charge in [0.2, 0.25) is 0 Å². The number of aliphatic hydroxyl groups excluding tert-OH is 1. The molecule has 0 spiro atoms. The minimum atomic E-state index is -0.933. The molecule has 1 heterocycles. The third-order valence-corrected chi connectivity index (χ3v) is 6.94. The maximum absolute atomic E-state index is 13.2. The topological polar surface area (TPSA) is 72.8 Å². The van der Waals surface area contributed by atoms with Crippen LogP contribution in [0.5, 0.6) is 5.75 Å². The summed E-state index contributed by atoms with van der Waals surface area (Å²) in [6.45, 7) is 0. The molecule has 4 rings (SSSR count). The van der Waals surface area contributed by atoms with Gasteiger partial charge in [0.05, 0.1) is 18.1 Å². The van der Waals surface area contributed by atoms with Gasteiger partial charge in [-0.25, -0.2) is 4.79 Å². The molecule has 0 radical (unpaired) electrons. The molecule has 166 valence electrons. The summed E-state index contributed by atoms with van der Waals surface area (Å²) in [5.74, 6) is -1.42. The third kappa shape index (κ3) is 4.11. The zero-order chi connectivity index (χ0) is 22.7. The number of allylic oxidation sites excluding steroid dienone is 1. The van der Waals surface area contributed by atoms with E-state index in [0.29, 0.717) is 18.6 Å². The molecule has 1 aliphatic carbocycles. The molecule has 2 aromatic carbocycles. The Morgan fingerprint density at radius 2 is 1.81 bits per heavy atom. The monoisotopic (exact) mass is 496 g/mol. The number of benzene rings is 2. The Bertz CT molecular complexity index is 1080. The van der Waals surface area contributed by atoms with E-state index in [1.807, 2.05) is 36.4 Å². The Morgan fingerprint density at radius 3 is 2.50 bits per heavy atom. The van der Waals surface area contributed by atoms with Crippen LogP contribution in [0.15, 0.2) is 70.4 Å². The van der Waals surface area contributed by atoms with Crippen LogP contribution in [-0.2, 0) is 14.3 Å². The van der Waals surface area contributed by atoms with Gasteiger partial charge in [0.15, 0.2) is 0 Å². The fourth-order valence-electron chi connectivity index (χ4n) is 4.90. The second-order valence-electron chi connectivity index (χ2n) is 8.25. The van der Waals surface area contributed by atoms with Gasteiger partial charge in [-0.2, -0.15) is 0 Å². The van der Waals surface area contributed by atoms with E-state index in [9.17, 15) is 14.7 Å². The molecule has 0 amide bonds. The van der Waals surface area contributed by atoms with Gasteiger partial charge in [-0.05, 0) is 42.7 Å². The standard InChI is InChI=1S/C26H25BrO5/c1-31-25(30)26(15-5-2-6-16-26)23-19-7-3-4-8-21(19)32-24(29)22(23)20(28)14-11-17-9-12-18(27)13-10-17/h3-4,7-14,23,28H,2,5-6,15-16H2,1H3/b14-11+,22-20-. The Balaban J connectivity index is 1.87. The summed E-state index contributed by atoms with van der Waals surface area (Å²) in [6, 6.07) is 14.8. The molecule has 6 heteroatoms. The molecule has 1 aliphatic heterocycles. The maximum atomic E-state index is 13.2. The van der Waals surface area contributed by atoms with E-state index in [1.165, 1.54) is 13.2 Å². The highest BCUT2D eigenvalue weighted by molar-refractivity contribution is 9.10. The number of para-hydroxylation sites is 1. The van der Waals surface area contributed by atoms with E-state index in [0.717, 1.165) is 34.9 Å². The third-order valence-electron chi connectivity index (χ3n) is 6.41. The summed E-state index contributed by atoms with van der Waals surface area (Å²) in [7, 11) is 1.38.